The van der Waals surface area contributed by atoms with Crippen LogP contribution in [0.5, 0.6) is 0 Å². The minimum Gasteiger partial charge on any atom is -0.380 e. The normalized spacial score (nSPS) is 12.9. The van der Waals surface area contributed by atoms with Gasteiger partial charge in [0.1, 0.15) is 15.7 Å². The van der Waals surface area contributed by atoms with Gasteiger partial charge in [0.05, 0.1) is 18.2 Å². The minimum atomic E-state index is -0.689. The molecule has 0 spiro atoms. The first kappa shape index (κ1) is 11.8. The first-order valence-electron chi connectivity index (χ1n) is 5.01. The maximum Gasteiger partial charge on any atom is 0.147 e. The number of thiazole rings is 1. The lowest BCUT2D eigenvalue weighted by molar-refractivity contribution is 0.209. The molecule has 0 saturated heterocycles. The van der Waals surface area contributed by atoms with E-state index in [9.17, 15) is 5.11 Å². The summed E-state index contributed by atoms with van der Waals surface area (Å²) >= 11 is 4.71. The van der Waals surface area contributed by atoms with Gasteiger partial charge in [-0.1, -0.05) is 6.92 Å². The van der Waals surface area contributed by atoms with Crippen LogP contribution in [0.15, 0.2) is 22.5 Å². The molecule has 0 aliphatic heterocycles. The number of rotatable bonds is 4. The summed E-state index contributed by atoms with van der Waals surface area (Å²) in [4.78, 5) is 8.27. The van der Waals surface area contributed by atoms with Crippen LogP contribution in [0, 0.1) is 0 Å². The Morgan fingerprint density at radius 3 is 3.06 bits per heavy atom. The number of nitrogens with zero attached hydrogens (tertiary/aromatic N) is 3. The third-order valence-corrected chi connectivity index (χ3v) is 3.82. The minimum absolute atomic E-state index is 0.685. The molecule has 86 valence electrons. The number of imidazole rings is 1. The van der Waals surface area contributed by atoms with Crippen molar-refractivity contribution in [1.29, 1.82) is 0 Å². The maximum absolute atomic E-state index is 10.2. The summed E-state index contributed by atoms with van der Waals surface area (Å²) in [7, 11) is 0. The number of hydrogen-bond donors (Lipinski definition) is 1. The molecule has 2 aromatic heterocycles. The predicted octanol–water partition coefficient (Wildman–Crippen LogP) is 2.59. The van der Waals surface area contributed by atoms with Crippen molar-refractivity contribution in [2.45, 2.75) is 26.0 Å². The van der Waals surface area contributed by atoms with Crippen molar-refractivity contribution in [3.8, 4) is 0 Å². The van der Waals surface area contributed by atoms with E-state index in [1.807, 2.05) is 9.95 Å². The smallest absolute Gasteiger partial charge is 0.147 e. The Balaban J connectivity index is 2.26. The van der Waals surface area contributed by atoms with E-state index in [0.717, 1.165) is 23.3 Å². The van der Waals surface area contributed by atoms with Crippen molar-refractivity contribution in [1.82, 2.24) is 14.5 Å². The Labute approximate surface area is 106 Å². The first-order valence-corrected chi connectivity index (χ1v) is 6.68. The quantitative estimate of drug-likeness (QED) is 0.944. The fraction of sp³-hybridized carbons (Fsp3) is 0.400. The average molecular weight is 302 g/mol. The van der Waals surface area contributed by atoms with Crippen molar-refractivity contribution in [3.05, 3.63) is 33.2 Å². The van der Waals surface area contributed by atoms with Crippen molar-refractivity contribution in [2.75, 3.05) is 0 Å². The fourth-order valence-corrected chi connectivity index (χ4v) is 2.77. The molecule has 4 nitrogen and oxygen atoms in total. The Morgan fingerprint density at radius 2 is 2.44 bits per heavy atom. The van der Waals surface area contributed by atoms with E-state index in [1.165, 1.54) is 11.3 Å². The van der Waals surface area contributed by atoms with Crippen LogP contribution in [0.2, 0.25) is 0 Å². The average Bonchev–Trinajstić information content (AvgIpc) is 2.87. The third-order valence-electron chi connectivity index (χ3n) is 2.22. The number of aliphatic hydroxyl groups excluding tert-OH is 1. The van der Waals surface area contributed by atoms with Gasteiger partial charge in [-0.05, 0) is 22.4 Å². The molecule has 0 aliphatic carbocycles. The van der Waals surface area contributed by atoms with Crippen LogP contribution in [0.1, 0.15) is 30.2 Å². The van der Waals surface area contributed by atoms with Crippen molar-refractivity contribution >= 4 is 27.3 Å². The van der Waals surface area contributed by atoms with Gasteiger partial charge >= 0.3 is 0 Å². The first-order chi connectivity index (χ1) is 7.72. The molecule has 1 unspecified atom stereocenters. The highest BCUT2D eigenvalue weighted by Crippen LogP contribution is 2.26. The van der Waals surface area contributed by atoms with E-state index in [4.69, 9.17) is 0 Å². The van der Waals surface area contributed by atoms with Gasteiger partial charge in [0, 0.05) is 11.9 Å². The summed E-state index contributed by atoms with van der Waals surface area (Å²) in [5.74, 6) is 0. The molecule has 0 amide bonds. The van der Waals surface area contributed by atoms with Gasteiger partial charge in [0.15, 0.2) is 0 Å². The topological polar surface area (TPSA) is 50.9 Å². The van der Waals surface area contributed by atoms with Gasteiger partial charge in [-0.15, -0.1) is 11.3 Å². The van der Waals surface area contributed by atoms with Crippen molar-refractivity contribution in [3.63, 3.8) is 0 Å². The van der Waals surface area contributed by atoms with Crippen LogP contribution in [0.3, 0.4) is 0 Å². The summed E-state index contributed by atoms with van der Waals surface area (Å²) in [6.07, 6.45) is 3.75. The molecule has 0 aliphatic rings. The zero-order chi connectivity index (χ0) is 11.5. The predicted molar refractivity (Wildman–Crippen MR) is 66.4 cm³/mol. The Morgan fingerprint density at radius 1 is 1.62 bits per heavy atom. The van der Waals surface area contributed by atoms with Gasteiger partial charge in [-0.3, -0.25) is 0 Å². The second-order valence-electron chi connectivity index (χ2n) is 3.42. The number of aliphatic hydroxyl groups is 1. The number of aryl methyl sites for hydroxylation is 1. The summed E-state index contributed by atoms with van der Waals surface area (Å²) in [5.41, 5.74) is 0.795. The highest BCUT2D eigenvalue weighted by atomic mass is 79.9. The second kappa shape index (κ2) is 5.07. The summed E-state index contributed by atoms with van der Waals surface area (Å²) < 4.78 is 2.72. The molecule has 1 N–H and O–H groups in total. The SMILES string of the molecule is CCCn1cncc1C(O)c1nc(Br)cs1. The van der Waals surface area contributed by atoms with E-state index in [1.54, 1.807) is 12.5 Å². The molecule has 6 heteroatoms. The van der Waals surface area contributed by atoms with Crippen LogP contribution in [0.25, 0.3) is 0 Å². The van der Waals surface area contributed by atoms with Crippen LogP contribution in [0.4, 0.5) is 0 Å². The standard InChI is InChI=1S/C10H12BrN3OS/c1-2-3-14-6-12-4-7(14)9(15)10-13-8(11)5-16-10/h4-6,9,15H,2-3H2,1H3. The molecule has 2 aromatic rings. The molecule has 0 saturated carbocycles. The Bertz CT molecular complexity index is 468. The lowest BCUT2D eigenvalue weighted by atomic mass is 10.3. The molecular formula is C10H12BrN3OS. The third kappa shape index (κ3) is 2.34. The van der Waals surface area contributed by atoms with E-state index in [0.29, 0.717) is 5.01 Å². The molecule has 0 aromatic carbocycles. The van der Waals surface area contributed by atoms with Gasteiger partial charge < -0.3 is 9.67 Å². The lowest BCUT2D eigenvalue weighted by Crippen LogP contribution is -2.07. The van der Waals surface area contributed by atoms with Gasteiger partial charge in [-0.25, -0.2) is 9.97 Å². The monoisotopic (exact) mass is 301 g/mol. The van der Waals surface area contributed by atoms with Gasteiger partial charge in [0.2, 0.25) is 0 Å². The summed E-state index contributed by atoms with van der Waals surface area (Å²) in [5, 5.41) is 12.7. The number of halogens is 1. The molecule has 0 fully saturated rings. The highest BCUT2D eigenvalue weighted by Gasteiger charge is 2.18. The zero-order valence-electron chi connectivity index (χ0n) is 8.80. The fourth-order valence-electron chi connectivity index (χ4n) is 1.51. The Kier molecular flexibility index (Phi) is 3.73. The molecule has 0 radical (unpaired) electrons. The highest BCUT2D eigenvalue weighted by molar-refractivity contribution is 9.10. The second-order valence-corrected chi connectivity index (χ2v) is 5.13. The molecular weight excluding hydrogens is 290 g/mol. The van der Waals surface area contributed by atoms with Crippen LogP contribution < -0.4 is 0 Å². The molecule has 16 heavy (non-hydrogen) atoms. The van der Waals surface area contributed by atoms with Crippen molar-refractivity contribution < 1.29 is 5.11 Å². The molecule has 0 bridgehead atoms. The Hall–Kier alpha value is -0.720. The number of aromatic nitrogens is 3. The van der Waals surface area contributed by atoms with Gasteiger partial charge in [0.25, 0.3) is 0 Å². The molecule has 1 atom stereocenters. The largest absolute Gasteiger partial charge is 0.380 e. The van der Waals surface area contributed by atoms with E-state index in [-0.39, 0.29) is 0 Å². The van der Waals surface area contributed by atoms with E-state index < -0.39 is 6.10 Å². The van der Waals surface area contributed by atoms with E-state index in [2.05, 4.69) is 32.8 Å². The lowest BCUT2D eigenvalue weighted by Gasteiger charge is -2.10. The zero-order valence-corrected chi connectivity index (χ0v) is 11.2. The maximum atomic E-state index is 10.2. The van der Waals surface area contributed by atoms with Gasteiger partial charge in [-0.2, -0.15) is 0 Å². The van der Waals surface area contributed by atoms with Crippen LogP contribution in [-0.4, -0.2) is 19.6 Å². The van der Waals surface area contributed by atoms with Crippen LogP contribution >= 0.6 is 27.3 Å². The van der Waals surface area contributed by atoms with E-state index >= 15 is 0 Å². The molecule has 2 heterocycles. The van der Waals surface area contributed by atoms with Crippen LogP contribution in [-0.2, 0) is 6.54 Å². The van der Waals surface area contributed by atoms with Crippen molar-refractivity contribution in [2.24, 2.45) is 0 Å². The molecule has 2 rings (SSSR count). The number of hydrogen-bond acceptors (Lipinski definition) is 4. The summed E-state index contributed by atoms with van der Waals surface area (Å²) in [6, 6.07) is 0. The summed E-state index contributed by atoms with van der Waals surface area (Å²) in [6.45, 7) is 2.95.